The van der Waals surface area contributed by atoms with Crippen LogP contribution in [0.1, 0.15) is 31.4 Å². The number of hydrogen-bond acceptors (Lipinski definition) is 3. The van der Waals surface area contributed by atoms with Crippen LogP contribution in [0.25, 0.3) is 0 Å². The van der Waals surface area contributed by atoms with Crippen LogP contribution in [-0.4, -0.2) is 30.9 Å². The molecule has 2 unspecified atom stereocenters. The van der Waals surface area contributed by atoms with Crippen LogP contribution in [-0.2, 0) is 4.74 Å². The van der Waals surface area contributed by atoms with Crippen molar-refractivity contribution < 1.29 is 9.84 Å². The summed E-state index contributed by atoms with van der Waals surface area (Å²) < 4.78 is 6.34. The second kappa shape index (κ2) is 7.39. The lowest BCUT2D eigenvalue weighted by atomic mass is 9.93. The second-order valence-corrected chi connectivity index (χ2v) is 6.04. The Morgan fingerprint density at radius 1 is 1.37 bits per heavy atom. The Morgan fingerprint density at radius 3 is 2.74 bits per heavy atom. The summed E-state index contributed by atoms with van der Waals surface area (Å²) >= 11 is 3.48. The Balaban J connectivity index is 1.82. The molecule has 1 fully saturated rings. The maximum absolute atomic E-state index is 10.2. The minimum absolute atomic E-state index is 0.418. The van der Waals surface area contributed by atoms with Gasteiger partial charge in [0.1, 0.15) is 0 Å². The van der Waals surface area contributed by atoms with E-state index in [1.807, 2.05) is 24.3 Å². The molecule has 19 heavy (non-hydrogen) atoms. The highest BCUT2D eigenvalue weighted by molar-refractivity contribution is 9.10. The monoisotopic (exact) mass is 327 g/mol. The zero-order valence-corrected chi connectivity index (χ0v) is 12.9. The van der Waals surface area contributed by atoms with Gasteiger partial charge in [0, 0.05) is 30.3 Å². The fourth-order valence-corrected chi connectivity index (χ4v) is 3.08. The third-order valence-corrected chi connectivity index (χ3v) is 4.59. The fourth-order valence-electron chi connectivity index (χ4n) is 2.54. The molecule has 0 aliphatic carbocycles. The van der Waals surface area contributed by atoms with Gasteiger partial charge in [-0.3, -0.25) is 0 Å². The summed E-state index contributed by atoms with van der Waals surface area (Å²) in [5.74, 6) is 0.653. The SMILES string of the molecule is CC(NCC(O)c1ccccc1Br)C1CCOCC1. The average molecular weight is 328 g/mol. The summed E-state index contributed by atoms with van der Waals surface area (Å²) in [4.78, 5) is 0. The maximum atomic E-state index is 10.2. The number of ether oxygens (including phenoxy) is 1. The molecular formula is C15H22BrNO2. The normalized spacial score (nSPS) is 20.2. The van der Waals surface area contributed by atoms with E-state index in [2.05, 4.69) is 28.2 Å². The summed E-state index contributed by atoms with van der Waals surface area (Å²) in [7, 11) is 0. The number of halogens is 1. The lowest BCUT2D eigenvalue weighted by Crippen LogP contribution is -2.38. The van der Waals surface area contributed by atoms with Gasteiger partial charge in [0.2, 0.25) is 0 Å². The van der Waals surface area contributed by atoms with Crippen LogP contribution in [0.3, 0.4) is 0 Å². The molecule has 0 bridgehead atoms. The molecule has 1 aromatic rings. The molecule has 0 spiro atoms. The first kappa shape index (κ1) is 15.0. The number of rotatable bonds is 5. The Morgan fingerprint density at radius 2 is 2.05 bits per heavy atom. The average Bonchev–Trinajstić information content (AvgIpc) is 2.46. The summed E-state index contributed by atoms with van der Waals surface area (Å²) in [5, 5.41) is 13.7. The number of benzene rings is 1. The topological polar surface area (TPSA) is 41.5 Å². The summed E-state index contributed by atoms with van der Waals surface area (Å²) in [6.45, 7) is 4.51. The van der Waals surface area contributed by atoms with E-state index in [1.54, 1.807) is 0 Å². The van der Waals surface area contributed by atoms with Gasteiger partial charge in [0.05, 0.1) is 6.10 Å². The van der Waals surface area contributed by atoms with Crippen LogP contribution in [0.15, 0.2) is 28.7 Å². The van der Waals surface area contributed by atoms with E-state index in [0.717, 1.165) is 36.1 Å². The van der Waals surface area contributed by atoms with Crippen molar-refractivity contribution in [2.75, 3.05) is 19.8 Å². The van der Waals surface area contributed by atoms with E-state index in [1.165, 1.54) is 0 Å². The molecule has 106 valence electrons. The van der Waals surface area contributed by atoms with Crippen LogP contribution >= 0.6 is 15.9 Å². The lowest BCUT2D eigenvalue weighted by molar-refractivity contribution is 0.0536. The number of hydrogen-bond donors (Lipinski definition) is 2. The Labute approximate surface area is 123 Å². The fraction of sp³-hybridized carbons (Fsp3) is 0.600. The molecule has 1 heterocycles. The molecule has 0 aromatic heterocycles. The van der Waals surface area contributed by atoms with Crippen LogP contribution in [0.4, 0.5) is 0 Å². The van der Waals surface area contributed by atoms with E-state index >= 15 is 0 Å². The lowest BCUT2D eigenvalue weighted by Gasteiger charge is -2.29. The predicted octanol–water partition coefficient (Wildman–Crippen LogP) is 2.89. The van der Waals surface area contributed by atoms with Gasteiger partial charge < -0.3 is 15.2 Å². The van der Waals surface area contributed by atoms with Gasteiger partial charge in [-0.15, -0.1) is 0 Å². The molecule has 4 heteroatoms. The molecule has 0 radical (unpaired) electrons. The van der Waals surface area contributed by atoms with E-state index in [0.29, 0.717) is 18.5 Å². The van der Waals surface area contributed by atoms with Gasteiger partial charge in [-0.1, -0.05) is 34.1 Å². The molecule has 2 rings (SSSR count). The first-order chi connectivity index (χ1) is 9.18. The molecule has 1 aliphatic rings. The smallest absolute Gasteiger partial charge is 0.0925 e. The standard InChI is InChI=1S/C15H22BrNO2/c1-11(12-6-8-19-9-7-12)17-10-15(18)13-4-2-3-5-14(13)16/h2-5,11-12,15,17-18H,6-10H2,1H3. The zero-order chi connectivity index (χ0) is 13.7. The predicted molar refractivity (Wildman–Crippen MR) is 80.1 cm³/mol. The van der Waals surface area contributed by atoms with Crippen molar-refractivity contribution in [3.63, 3.8) is 0 Å². The van der Waals surface area contributed by atoms with Crippen LogP contribution in [0.5, 0.6) is 0 Å². The van der Waals surface area contributed by atoms with E-state index < -0.39 is 6.10 Å². The minimum atomic E-state index is -0.474. The van der Waals surface area contributed by atoms with Crippen LogP contribution in [0, 0.1) is 5.92 Å². The van der Waals surface area contributed by atoms with E-state index in [-0.39, 0.29) is 0 Å². The second-order valence-electron chi connectivity index (χ2n) is 5.18. The largest absolute Gasteiger partial charge is 0.387 e. The third kappa shape index (κ3) is 4.28. The molecule has 0 saturated carbocycles. The molecule has 1 aromatic carbocycles. The van der Waals surface area contributed by atoms with Crippen molar-refractivity contribution in [2.45, 2.75) is 31.9 Å². The molecule has 1 saturated heterocycles. The van der Waals surface area contributed by atoms with Crippen molar-refractivity contribution in [1.82, 2.24) is 5.32 Å². The quantitative estimate of drug-likeness (QED) is 0.873. The molecule has 3 nitrogen and oxygen atoms in total. The van der Waals surface area contributed by atoms with Crippen molar-refractivity contribution >= 4 is 15.9 Å². The summed E-state index contributed by atoms with van der Waals surface area (Å²) in [6, 6.07) is 8.24. The molecule has 1 aliphatic heterocycles. The molecular weight excluding hydrogens is 306 g/mol. The van der Waals surface area contributed by atoms with Gasteiger partial charge in [-0.05, 0) is 37.3 Å². The van der Waals surface area contributed by atoms with E-state index in [9.17, 15) is 5.11 Å². The van der Waals surface area contributed by atoms with Crippen LogP contribution in [0.2, 0.25) is 0 Å². The molecule has 2 atom stereocenters. The van der Waals surface area contributed by atoms with Crippen molar-refractivity contribution in [2.24, 2.45) is 5.92 Å². The van der Waals surface area contributed by atoms with Gasteiger partial charge in [-0.2, -0.15) is 0 Å². The zero-order valence-electron chi connectivity index (χ0n) is 11.3. The Hall–Kier alpha value is -0.420. The summed E-state index contributed by atoms with van der Waals surface area (Å²) in [6.07, 6.45) is 1.75. The summed E-state index contributed by atoms with van der Waals surface area (Å²) in [5.41, 5.74) is 0.939. The van der Waals surface area contributed by atoms with Gasteiger partial charge in [0.15, 0.2) is 0 Å². The highest BCUT2D eigenvalue weighted by atomic mass is 79.9. The third-order valence-electron chi connectivity index (χ3n) is 3.87. The first-order valence-electron chi connectivity index (χ1n) is 6.92. The van der Waals surface area contributed by atoms with Crippen molar-refractivity contribution in [1.29, 1.82) is 0 Å². The van der Waals surface area contributed by atoms with Gasteiger partial charge in [0.25, 0.3) is 0 Å². The molecule has 0 amide bonds. The Kier molecular flexibility index (Phi) is 5.82. The number of aliphatic hydroxyl groups excluding tert-OH is 1. The van der Waals surface area contributed by atoms with Gasteiger partial charge in [-0.25, -0.2) is 0 Å². The molecule has 2 N–H and O–H groups in total. The van der Waals surface area contributed by atoms with Crippen molar-refractivity contribution in [3.05, 3.63) is 34.3 Å². The highest BCUT2D eigenvalue weighted by Crippen LogP contribution is 2.23. The van der Waals surface area contributed by atoms with Crippen molar-refractivity contribution in [3.8, 4) is 0 Å². The minimum Gasteiger partial charge on any atom is -0.387 e. The Bertz CT molecular complexity index is 393. The maximum Gasteiger partial charge on any atom is 0.0925 e. The number of aliphatic hydroxyl groups is 1. The van der Waals surface area contributed by atoms with Crippen LogP contribution < -0.4 is 5.32 Å². The number of nitrogens with one attached hydrogen (secondary N) is 1. The first-order valence-corrected chi connectivity index (χ1v) is 7.71. The van der Waals surface area contributed by atoms with Gasteiger partial charge >= 0.3 is 0 Å². The highest BCUT2D eigenvalue weighted by Gasteiger charge is 2.21. The van der Waals surface area contributed by atoms with E-state index in [4.69, 9.17) is 4.74 Å².